The molecule has 0 bridgehead atoms. The molecule has 0 heterocycles. The molecule has 0 aliphatic heterocycles. The second kappa shape index (κ2) is 6.84. The van der Waals surface area contributed by atoms with Gasteiger partial charge in [-0.15, -0.1) is 0 Å². The van der Waals surface area contributed by atoms with E-state index in [2.05, 4.69) is 66.7 Å². The van der Waals surface area contributed by atoms with E-state index in [0.717, 1.165) is 22.9 Å². The van der Waals surface area contributed by atoms with Gasteiger partial charge in [-0.2, -0.15) is 0 Å². The number of phenolic OH excluding ortho intramolecular Hbond substituents is 2. The lowest BCUT2D eigenvalue weighted by molar-refractivity contribution is 0.469. The molecule has 0 saturated carbocycles. The molecule has 3 aromatic carbocycles. The lowest BCUT2D eigenvalue weighted by atomic mass is 9.80. The molecule has 0 fully saturated rings. The molecule has 148 valence electrons. The maximum absolute atomic E-state index is 10.3. The third-order valence-corrected chi connectivity index (χ3v) is 5.46. The van der Waals surface area contributed by atoms with Gasteiger partial charge in [-0.3, -0.25) is 0 Å². The molecule has 0 aliphatic carbocycles. The average Bonchev–Trinajstić information content (AvgIpc) is 2.54. The summed E-state index contributed by atoms with van der Waals surface area (Å²) in [6, 6.07) is 14.0. The number of fused-ring (bicyclic) bond motifs is 1. The van der Waals surface area contributed by atoms with Crippen LogP contribution in [0.1, 0.15) is 69.4 Å². The predicted molar refractivity (Wildman–Crippen MR) is 119 cm³/mol. The first-order valence-electron chi connectivity index (χ1n) is 9.95. The van der Waals surface area contributed by atoms with Crippen LogP contribution in [0.15, 0.2) is 42.5 Å². The second-order valence-electron chi connectivity index (χ2n) is 10.0. The quantitative estimate of drug-likeness (QED) is 0.519. The topological polar surface area (TPSA) is 40.5 Å². The van der Waals surface area contributed by atoms with Crippen molar-refractivity contribution < 1.29 is 10.2 Å². The van der Waals surface area contributed by atoms with Crippen LogP contribution in [0.4, 0.5) is 0 Å². The van der Waals surface area contributed by atoms with E-state index in [9.17, 15) is 10.2 Å². The summed E-state index contributed by atoms with van der Waals surface area (Å²) in [5.74, 6) is 0.634. The first kappa shape index (κ1) is 20.3. The highest BCUT2D eigenvalue weighted by molar-refractivity contribution is 5.88. The fourth-order valence-electron chi connectivity index (χ4n) is 4.04. The van der Waals surface area contributed by atoms with E-state index in [-0.39, 0.29) is 10.8 Å². The van der Waals surface area contributed by atoms with Crippen LogP contribution in [0.25, 0.3) is 10.8 Å². The smallest absolute Gasteiger partial charge is 0.116 e. The molecule has 2 N–H and O–H groups in total. The summed E-state index contributed by atoms with van der Waals surface area (Å²) < 4.78 is 0. The molecular formula is C26H32O2. The van der Waals surface area contributed by atoms with Crippen LogP contribution in [0.2, 0.25) is 0 Å². The molecule has 0 aromatic heterocycles. The average molecular weight is 377 g/mol. The molecule has 0 radical (unpaired) electrons. The minimum Gasteiger partial charge on any atom is -0.508 e. The van der Waals surface area contributed by atoms with Crippen molar-refractivity contribution in [3.05, 3.63) is 70.3 Å². The van der Waals surface area contributed by atoms with E-state index < -0.39 is 0 Å². The molecule has 3 rings (SSSR count). The molecule has 0 aliphatic rings. The standard InChI is InChI=1S/C26H32O2/c1-16-10-19(27)14-24(26(5,6)7)22(16)12-17-8-9-21-18(11-17)13-20(28)15-23(21)25(2,3)4/h8-11,13-15,27-28H,12H2,1-7H3. The van der Waals surface area contributed by atoms with Crippen molar-refractivity contribution in [2.24, 2.45) is 0 Å². The zero-order chi connectivity index (χ0) is 20.9. The lowest BCUT2D eigenvalue weighted by Gasteiger charge is -2.25. The van der Waals surface area contributed by atoms with Gasteiger partial charge < -0.3 is 10.2 Å². The Morgan fingerprint density at radius 1 is 0.714 bits per heavy atom. The highest BCUT2D eigenvalue weighted by Crippen LogP contribution is 2.36. The highest BCUT2D eigenvalue weighted by Gasteiger charge is 2.21. The van der Waals surface area contributed by atoms with Crippen LogP contribution in [0.5, 0.6) is 11.5 Å². The molecule has 3 aromatic rings. The van der Waals surface area contributed by atoms with Crippen molar-refractivity contribution in [3.63, 3.8) is 0 Å². The van der Waals surface area contributed by atoms with E-state index in [0.29, 0.717) is 11.5 Å². The van der Waals surface area contributed by atoms with E-state index in [1.807, 2.05) is 24.3 Å². The number of aryl methyl sites for hydroxylation is 1. The third-order valence-electron chi connectivity index (χ3n) is 5.46. The highest BCUT2D eigenvalue weighted by atomic mass is 16.3. The maximum Gasteiger partial charge on any atom is 0.116 e. The molecule has 0 unspecified atom stereocenters. The number of hydrogen-bond donors (Lipinski definition) is 2. The monoisotopic (exact) mass is 376 g/mol. The fraction of sp³-hybridized carbons (Fsp3) is 0.385. The van der Waals surface area contributed by atoms with E-state index in [4.69, 9.17) is 0 Å². The molecule has 0 spiro atoms. The number of rotatable bonds is 2. The third kappa shape index (κ3) is 4.01. The Morgan fingerprint density at radius 3 is 1.89 bits per heavy atom. The van der Waals surface area contributed by atoms with Crippen LogP contribution < -0.4 is 0 Å². The Labute approximate surface area is 168 Å². The zero-order valence-corrected chi connectivity index (χ0v) is 18.1. The van der Waals surface area contributed by atoms with Gasteiger partial charge in [0.15, 0.2) is 0 Å². The van der Waals surface area contributed by atoms with Gasteiger partial charge in [0.1, 0.15) is 11.5 Å². The Kier molecular flexibility index (Phi) is 4.95. The lowest BCUT2D eigenvalue weighted by Crippen LogP contribution is -2.15. The molecule has 2 heteroatoms. The Morgan fingerprint density at radius 2 is 1.29 bits per heavy atom. The van der Waals surface area contributed by atoms with Gasteiger partial charge >= 0.3 is 0 Å². The molecule has 0 saturated heterocycles. The van der Waals surface area contributed by atoms with Crippen molar-refractivity contribution in [1.29, 1.82) is 0 Å². The number of aromatic hydroxyl groups is 2. The summed E-state index contributed by atoms with van der Waals surface area (Å²) >= 11 is 0. The van der Waals surface area contributed by atoms with Crippen LogP contribution in [0, 0.1) is 6.92 Å². The van der Waals surface area contributed by atoms with Gasteiger partial charge in [0, 0.05) is 0 Å². The predicted octanol–water partition coefficient (Wildman–Crippen LogP) is 6.75. The molecule has 2 nitrogen and oxygen atoms in total. The summed E-state index contributed by atoms with van der Waals surface area (Å²) in [5.41, 5.74) is 5.83. The Balaban J connectivity index is 2.13. The van der Waals surface area contributed by atoms with E-state index in [1.165, 1.54) is 22.1 Å². The van der Waals surface area contributed by atoms with Crippen LogP contribution in [-0.2, 0) is 17.3 Å². The molecule has 0 atom stereocenters. The van der Waals surface area contributed by atoms with Crippen molar-refractivity contribution >= 4 is 10.8 Å². The zero-order valence-electron chi connectivity index (χ0n) is 18.1. The number of phenols is 2. The minimum atomic E-state index is -0.0483. The van der Waals surface area contributed by atoms with Crippen molar-refractivity contribution in [2.75, 3.05) is 0 Å². The molecule has 28 heavy (non-hydrogen) atoms. The summed E-state index contributed by atoms with van der Waals surface area (Å²) in [4.78, 5) is 0. The van der Waals surface area contributed by atoms with Crippen LogP contribution >= 0.6 is 0 Å². The summed E-state index contributed by atoms with van der Waals surface area (Å²) in [6.45, 7) is 15.1. The van der Waals surface area contributed by atoms with Crippen LogP contribution in [-0.4, -0.2) is 10.2 Å². The second-order valence-corrected chi connectivity index (χ2v) is 10.0. The van der Waals surface area contributed by atoms with Crippen LogP contribution in [0.3, 0.4) is 0 Å². The van der Waals surface area contributed by atoms with Gasteiger partial charge in [-0.1, -0.05) is 59.7 Å². The summed E-state index contributed by atoms with van der Waals surface area (Å²) in [6.07, 6.45) is 0.801. The number of benzene rings is 3. The number of hydrogen-bond acceptors (Lipinski definition) is 2. The first-order valence-corrected chi connectivity index (χ1v) is 9.95. The van der Waals surface area contributed by atoms with E-state index in [1.54, 1.807) is 0 Å². The molecular weight excluding hydrogens is 344 g/mol. The van der Waals surface area contributed by atoms with Crippen molar-refractivity contribution in [3.8, 4) is 11.5 Å². The van der Waals surface area contributed by atoms with Crippen molar-refractivity contribution in [1.82, 2.24) is 0 Å². The first-order chi connectivity index (χ1) is 12.9. The van der Waals surface area contributed by atoms with Gasteiger partial charge in [0.25, 0.3) is 0 Å². The Hall–Kier alpha value is -2.48. The summed E-state index contributed by atoms with van der Waals surface area (Å²) in [5, 5.41) is 22.6. The van der Waals surface area contributed by atoms with E-state index >= 15 is 0 Å². The fourth-order valence-corrected chi connectivity index (χ4v) is 4.04. The van der Waals surface area contributed by atoms with Gasteiger partial charge in [0.05, 0.1) is 0 Å². The Bertz CT molecular complexity index is 1030. The van der Waals surface area contributed by atoms with Gasteiger partial charge in [-0.05, 0) is 87.0 Å². The van der Waals surface area contributed by atoms with Gasteiger partial charge in [-0.25, -0.2) is 0 Å². The maximum atomic E-state index is 10.3. The molecule has 0 amide bonds. The minimum absolute atomic E-state index is 0.0363. The SMILES string of the molecule is Cc1cc(O)cc(C(C)(C)C)c1Cc1ccc2c(C(C)(C)C)cc(O)cc2c1. The van der Waals surface area contributed by atoms with Crippen molar-refractivity contribution in [2.45, 2.75) is 65.7 Å². The normalized spacial score (nSPS) is 12.5. The largest absolute Gasteiger partial charge is 0.508 e. The van der Waals surface area contributed by atoms with Gasteiger partial charge in [0.2, 0.25) is 0 Å². The summed E-state index contributed by atoms with van der Waals surface area (Å²) in [7, 11) is 0.